The molecule has 44 heavy (non-hydrogen) atoms. The number of carbonyl (C=O) groups excluding carboxylic acids is 3. The molecule has 2 amide bonds. The zero-order valence-electron chi connectivity index (χ0n) is 25.3. The molecule has 0 aliphatic carbocycles. The number of aromatic nitrogens is 2. The summed E-state index contributed by atoms with van der Waals surface area (Å²) in [6.45, 7) is 6.14. The summed E-state index contributed by atoms with van der Waals surface area (Å²) < 4.78 is 22.3. The van der Waals surface area contributed by atoms with Crippen molar-refractivity contribution in [2.45, 2.75) is 44.9 Å². The first kappa shape index (κ1) is 30.8. The minimum atomic E-state index is -0.953. The number of rotatable bonds is 8. The monoisotopic (exact) mass is 621 g/mol. The molecule has 3 heterocycles. The average Bonchev–Trinajstić information content (AvgIpc) is 3.60. The van der Waals surface area contributed by atoms with E-state index < -0.39 is 29.3 Å². The van der Waals surface area contributed by atoms with Gasteiger partial charge in [-0.1, -0.05) is 30.3 Å². The van der Waals surface area contributed by atoms with Gasteiger partial charge in [0, 0.05) is 29.7 Å². The molecule has 0 spiro atoms. The minimum Gasteiger partial charge on any atom is -0.480 e. The van der Waals surface area contributed by atoms with E-state index in [4.69, 9.17) is 18.9 Å². The summed E-state index contributed by atoms with van der Waals surface area (Å²) in [7, 11) is 2.83. The van der Waals surface area contributed by atoms with Crippen molar-refractivity contribution < 1.29 is 33.3 Å². The molecule has 12 nitrogen and oxygen atoms in total. The Kier molecular flexibility index (Phi) is 8.77. The van der Waals surface area contributed by atoms with Gasteiger partial charge in [0.15, 0.2) is 0 Å². The normalized spacial score (nSPS) is 16.5. The highest BCUT2D eigenvalue weighted by molar-refractivity contribution is 7.21. The molecule has 1 unspecified atom stereocenters. The van der Waals surface area contributed by atoms with E-state index in [1.807, 2.05) is 42.5 Å². The number of anilines is 1. The standard InChI is InChI=1S/C31H35N5O7S/c1-30(2,3)43-29(39)36-14-13-31(18-36,35-28(38)42-16-19-9-7-6-8-10-19)17-33-25-23-21(44-26(25)27(37)41-5)12-11-20-24(23)32-15-22(34-20)40-4/h6-12,15,33H,13-14,16-18H2,1-5H3,(H,35,38). The van der Waals surface area contributed by atoms with Gasteiger partial charge in [0.05, 0.1) is 42.7 Å². The summed E-state index contributed by atoms with van der Waals surface area (Å²) in [5.41, 5.74) is 0.862. The number of alkyl carbamates (subject to hydrolysis) is 1. The summed E-state index contributed by atoms with van der Waals surface area (Å²) in [5.74, 6) is -0.158. The third-order valence-electron chi connectivity index (χ3n) is 7.11. The van der Waals surface area contributed by atoms with Gasteiger partial charge in [-0.15, -0.1) is 11.3 Å². The van der Waals surface area contributed by atoms with E-state index in [1.54, 1.807) is 25.7 Å². The lowest BCUT2D eigenvalue weighted by Gasteiger charge is -2.31. The predicted molar refractivity (Wildman–Crippen MR) is 166 cm³/mol. The van der Waals surface area contributed by atoms with Crippen LogP contribution in [0.1, 0.15) is 42.4 Å². The van der Waals surface area contributed by atoms with E-state index >= 15 is 0 Å². The molecule has 0 saturated carbocycles. The van der Waals surface area contributed by atoms with Crippen LogP contribution in [-0.4, -0.2) is 78.0 Å². The Morgan fingerprint density at radius 2 is 1.86 bits per heavy atom. The van der Waals surface area contributed by atoms with Crippen LogP contribution in [0.2, 0.25) is 0 Å². The maximum atomic E-state index is 13.1. The number of methoxy groups -OCH3 is 2. The third-order valence-corrected chi connectivity index (χ3v) is 8.25. The largest absolute Gasteiger partial charge is 0.480 e. The minimum absolute atomic E-state index is 0.0851. The summed E-state index contributed by atoms with van der Waals surface area (Å²) in [4.78, 5) is 50.0. The van der Waals surface area contributed by atoms with Gasteiger partial charge >= 0.3 is 18.2 Å². The number of amides is 2. The highest BCUT2D eigenvalue weighted by Crippen LogP contribution is 2.40. The molecule has 13 heteroatoms. The predicted octanol–water partition coefficient (Wildman–Crippen LogP) is 5.36. The Morgan fingerprint density at radius 1 is 1.09 bits per heavy atom. The lowest BCUT2D eigenvalue weighted by molar-refractivity contribution is 0.0279. The molecule has 0 bridgehead atoms. The summed E-state index contributed by atoms with van der Waals surface area (Å²) in [5, 5.41) is 7.10. The van der Waals surface area contributed by atoms with Crippen LogP contribution in [0.4, 0.5) is 15.3 Å². The first-order valence-corrected chi connectivity index (χ1v) is 14.9. The number of ether oxygens (including phenoxy) is 4. The van der Waals surface area contributed by atoms with Crippen molar-refractivity contribution in [2.75, 3.05) is 39.2 Å². The first-order valence-electron chi connectivity index (χ1n) is 14.1. The van der Waals surface area contributed by atoms with Crippen molar-refractivity contribution in [3.05, 3.63) is 59.1 Å². The van der Waals surface area contributed by atoms with Crippen LogP contribution >= 0.6 is 11.3 Å². The molecule has 2 aromatic heterocycles. The van der Waals surface area contributed by atoms with Crippen molar-refractivity contribution in [1.82, 2.24) is 20.2 Å². The number of carbonyl (C=O) groups is 3. The molecule has 1 fully saturated rings. The number of likely N-dealkylation sites (tertiary alicyclic amines) is 1. The smallest absolute Gasteiger partial charge is 0.410 e. The molecule has 1 aliphatic heterocycles. The average molecular weight is 622 g/mol. The van der Waals surface area contributed by atoms with Gasteiger partial charge in [-0.25, -0.2) is 24.4 Å². The van der Waals surface area contributed by atoms with Crippen LogP contribution in [0.5, 0.6) is 5.88 Å². The molecule has 1 aliphatic rings. The van der Waals surface area contributed by atoms with Gasteiger partial charge in [0.1, 0.15) is 17.1 Å². The van der Waals surface area contributed by atoms with E-state index in [0.29, 0.717) is 45.8 Å². The molecule has 4 aromatic rings. The number of thiophene rings is 1. The molecule has 2 aromatic carbocycles. The van der Waals surface area contributed by atoms with E-state index in [2.05, 4.69) is 20.6 Å². The highest BCUT2D eigenvalue weighted by Gasteiger charge is 2.43. The number of benzene rings is 2. The second-order valence-corrected chi connectivity index (χ2v) is 12.5. The molecular formula is C31H35N5O7S. The second kappa shape index (κ2) is 12.5. The fourth-order valence-corrected chi connectivity index (χ4v) is 6.13. The van der Waals surface area contributed by atoms with Gasteiger partial charge in [0.2, 0.25) is 5.88 Å². The molecule has 1 saturated heterocycles. The number of fused-ring (bicyclic) bond motifs is 3. The Labute approximate surface area is 258 Å². The Balaban J connectivity index is 1.46. The van der Waals surface area contributed by atoms with Crippen molar-refractivity contribution in [1.29, 1.82) is 0 Å². The highest BCUT2D eigenvalue weighted by atomic mass is 32.1. The van der Waals surface area contributed by atoms with Crippen molar-refractivity contribution in [3.63, 3.8) is 0 Å². The van der Waals surface area contributed by atoms with Crippen LogP contribution in [0, 0.1) is 0 Å². The van der Waals surface area contributed by atoms with E-state index in [1.165, 1.54) is 31.8 Å². The number of hydrogen-bond acceptors (Lipinski definition) is 11. The topological polar surface area (TPSA) is 141 Å². The molecule has 1 atom stereocenters. The zero-order valence-corrected chi connectivity index (χ0v) is 26.1. The molecule has 232 valence electrons. The van der Waals surface area contributed by atoms with Crippen LogP contribution in [-0.2, 0) is 20.8 Å². The van der Waals surface area contributed by atoms with Gasteiger partial charge < -0.3 is 34.5 Å². The fourth-order valence-electron chi connectivity index (χ4n) is 5.03. The van der Waals surface area contributed by atoms with Gasteiger partial charge in [-0.3, -0.25) is 0 Å². The van der Waals surface area contributed by atoms with Crippen LogP contribution in [0.25, 0.3) is 21.1 Å². The Morgan fingerprint density at radius 3 is 2.57 bits per heavy atom. The first-order chi connectivity index (χ1) is 21.0. The van der Waals surface area contributed by atoms with Crippen molar-refractivity contribution in [3.8, 4) is 5.88 Å². The quantitative estimate of drug-likeness (QED) is 0.195. The SMILES string of the molecule is COC(=O)c1sc2ccc3nc(OC)cnc3c2c1NCC1(NC(=O)OCc2ccccc2)CCN(C(=O)OC(C)(C)C)C1. The van der Waals surface area contributed by atoms with Gasteiger partial charge in [-0.2, -0.15) is 0 Å². The number of esters is 1. The number of nitrogens with zero attached hydrogens (tertiary/aromatic N) is 3. The van der Waals surface area contributed by atoms with Crippen LogP contribution in [0.15, 0.2) is 48.7 Å². The van der Waals surface area contributed by atoms with E-state index in [-0.39, 0.29) is 19.7 Å². The lowest BCUT2D eigenvalue weighted by atomic mass is 9.98. The van der Waals surface area contributed by atoms with Gasteiger partial charge in [0.25, 0.3) is 0 Å². The molecule has 5 rings (SSSR count). The molecule has 0 radical (unpaired) electrons. The Bertz CT molecular complexity index is 1690. The summed E-state index contributed by atoms with van der Waals surface area (Å²) in [6.07, 6.45) is 0.814. The Hall–Kier alpha value is -4.65. The van der Waals surface area contributed by atoms with Crippen molar-refractivity contribution >= 4 is 56.3 Å². The molecule has 2 N–H and O–H groups in total. The summed E-state index contributed by atoms with van der Waals surface area (Å²) in [6, 6.07) is 13.0. The lowest BCUT2D eigenvalue weighted by Crippen LogP contribution is -2.55. The van der Waals surface area contributed by atoms with E-state index in [9.17, 15) is 14.4 Å². The number of hydrogen-bond donors (Lipinski definition) is 2. The number of nitrogens with one attached hydrogen (secondary N) is 2. The second-order valence-electron chi connectivity index (χ2n) is 11.5. The van der Waals surface area contributed by atoms with Gasteiger partial charge in [-0.05, 0) is 44.9 Å². The van der Waals surface area contributed by atoms with Crippen LogP contribution < -0.4 is 15.4 Å². The van der Waals surface area contributed by atoms with E-state index in [0.717, 1.165) is 10.3 Å². The third kappa shape index (κ3) is 6.77. The molecular weight excluding hydrogens is 586 g/mol. The maximum absolute atomic E-state index is 13.1. The van der Waals surface area contributed by atoms with Crippen LogP contribution in [0.3, 0.4) is 0 Å². The maximum Gasteiger partial charge on any atom is 0.410 e. The van der Waals surface area contributed by atoms with Crippen molar-refractivity contribution in [2.24, 2.45) is 0 Å². The zero-order chi connectivity index (χ0) is 31.5. The summed E-state index contributed by atoms with van der Waals surface area (Å²) >= 11 is 1.26. The fraction of sp³-hybridized carbons (Fsp3) is 0.387.